The van der Waals surface area contributed by atoms with Crippen molar-refractivity contribution < 1.29 is 24.2 Å². The Bertz CT molecular complexity index is 554. The van der Waals surface area contributed by atoms with E-state index in [0.29, 0.717) is 18.6 Å². The number of ether oxygens (including phenoxy) is 2. The molecule has 26 heavy (non-hydrogen) atoms. The van der Waals surface area contributed by atoms with Gasteiger partial charge in [0.15, 0.2) is 5.79 Å². The Kier molecular flexibility index (Phi) is 6.64. The number of carbonyl (C=O) groups is 2. The van der Waals surface area contributed by atoms with E-state index in [0.717, 1.165) is 43.9 Å². The van der Waals surface area contributed by atoms with E-state index in [1.165, 1.54) is 0 Å². The number of allylic oxidation sites excluding steroid dienone is 2. The molecular formula is C19H29NO5S. The summed E-state index contributed by atoms with van der Waals surface area (Å²) in [5.41, 5.74) is 0. The van der Waals surface area contributed by atoms with E-state index in [1.807, 2.05) is 0 Å². The minimum absolute atomic E-state index is 0.149. The van der Waals surface area contributed by atoms with Gasteiger partial charge in [-0.3, -0.25) is 9.59 Å². The maximum absolute atomic E-state index is 12.3. The fraction of sp³-hybridized carbons (Fsp3) is 0.789. The number of aliphatic hydroxyl groups is 1. The molecule has 3 rings (SSSR count). The summed E-state index contributed by atoms with van der Waals surface area (Å²) in [5, 5.41) is 13.7. The van der Waals surface area contributed by atoms with Crippen molar-refractivity contribution in [3.05, 3.63) is 12.2 Å². The van der Waals surface area contributed by atoms with E-state index in [2.05, 4.69) is 24.4 Å². The van der Waals surface area contributed by atoms with E-state index in [4.69, 9.17) is 9.47 Å². The summed E-state index contributed by atoms with van der Waals surface area (Å²) in [6, 6.07) is -0.471. The third kappa shape index (κ3) is 5.24. The van der Waals surface area contributed by atoms with Gasteiger partial charge in [-0.1, -0.05) is 30.8 Å². The molecule has 0 aliphatic carbocycles. The average Bonchev–Trinajstić information content (AvgIpc) is 3.00. The topological polar surface area (TPSA) is 84.9 Å². The number of carbonyl (C=O) groups excluding carboxylic acids is 2. The average molecular weight is 384 g/mol. The molecule has 1 unspecified atom stereocenters. The van der Waals surface area contributed by atoms with Gasteiger partial charge in [-0.15, -0.1) is 0 Å². The maximum atomic E-state index is 12.3. The van der Waals surface area contributed by atoms with Crippen molar-refractivity contribution >= 4 is 23.0 Å². The first kappa shape index (κ1) is 19.7. The van der Waals surface area contributed by atoms with Gasteiger partial charge in [0.2, 0.25) is 0 Å². The van der Waals surface area contributed by atoms with E-state index >= 15 is 0 Å². The highest BCUT2D eigenvalue weighted by Gasteiger charge is 2.49. The highest BCUT2D eigenvalue weighted by Crippen LogP contribution is 2.36. The third-order valence-corrected chi connectivity index (χ3v) is 6.22. The summed E-state index contributed by atoms with van der Waals surface area (Å²) in [4.78, 5) is 23.9. The predicted molar refractivity (Wildman–Crippen MR) is 99.7 cm³/mol. The van der Waals surface area contributed by atoms with Crippen LogP contribution < -0.4 is 5.32 Å². The zero-order valence-corrected chi connectivity index (χ0v) is 16.1. The smallest absolute Gasteiger partial charge is 0.306 e. The summed E-state index contributed by atoms with van der Waals surface area (Å²) < 4.78 is 11.7. The van der Waals surface area contributed by atoms with Crippen molar-refractivity contribution in [3.8, 4) is 0 Å². The summed E-state index contributed by atoms with van der Waals surface area (Å²) in [7, 11) is 0. The van der Waals surface area contributed by atoms with Gasteiger partial charge >= 0.3 is 5.97 Å². The van der Waals surface area contributed by atoms with Crippen LogP contribution in [0, 0.1) is 5.92 Å². The SMILES string of the molecule is CC1CC/C=C\CCC[C@@H]2C[C@H](C[C@](O)([C@@H]3CSC(=O)N3)O2)OC(=O)C1. The molecule has 0 aromatic heterocycles. The number of thioether (sulfide) groups is 1. The molecule has 0 aromatic carbocycles. The highest BCUT2D eigenvalue weighted by atomic mass is 32.2. The molecule has 5 atom stereocenters. The Balaban J connectivity index is 1.72. The van der Waals surface area contributed by atoms with Crippen molar-refractivity contribution in [2.75, 3.05) is 5.75 Å². The molecule has 0 radical (unpaired) electrons. The summed E-state index contributed by atoms with van der Waals surface area (Å²) in [6.07, 6.45) is 9.70. The van der Waals surface area contributed by atoms with Gasteiger partial charge < -0.3 is 19.9 Å². The van der Waals surface area contributed by atoms with E-state index < -0.39 is 11.8 Å². The second kappa shape index (κ2) is 8.76. The molecule has 6 nitrogen and oxygen atoms in total. The fourth-order valence-electron chi connectivity index (χ4n) is 3.91. The lowest BCUT2D eigenvalue weighted by Crippen LogP contribution is -2.58. The molecule has 3 heterocycles. The van der Waals surface area contributed by atoms with Gasteiger partial charge in [0.1, 0.15) is 6.10 Å². The summed E-state index contributed by atoms with van der Waals surface area (Å²) in [6.45, 7) is 2.06. The van der Waals surface area contributed by atoms with Crippen LogP contribution in [0.25, 0.3) is 0 Å². The van der Waals surface area contributed by atoms with Crippen LogP contribution in [0.2, 0.25) is 0 Å². The van der Waals surface area contributed by atoms with E-state index in [1.54, 1.807) is 0 Å². The van der Waals surface area contributed by atoms with Crippen LogP contribution in [0.15, 0.2) is 12.2 Å². The Labute approximate surface area is 159 Å². The van der Waals surface area contributed by atoms with Crippen molar-refractivity contribution in [2.24, 2.45) is 5.92 Å². The molecule has 1 amide bonds. The molecule has 2 bridgehead atoms. The van der Waals surface area contributed by atoms with Crippen LogP contribution in [0.5, 0.6) is 0 Å². The first-order valence-corrected chi connectivity index (χ1v) is 10.6. The van der Waals surface area contributed by atoms with Crippen LogP contribution >= 0.6 is 11.8 Å². The van der Waals surface area contributed by atoms with Crippen molar-refractivity contribution in [2.45, 2.75) is 82.3 Å². The minimum Gasteiger partial charge on any atom is -0.462 e. The molecule has 0 aromatic rings. The van der Waals surface area contributed by atoms with Crippen LogP contribution in [0.3, 0.4) is 0 Å². The van der Waals surface area contributed by atoms with Gasteiger partial charge in [0.05, 0.1) is 12.1 Å². The predicted octanol–water partition coefficient (Wildman–Crippen LogP) is 3.14. The van der Waals surface area contributed by atoms with Crippen molar-refractivity contribution in [3.63, 3.8) is 0 Å². The summed E-state index contributed by atoms with van der Waals surface area (Å²) >= 11 is 1.15. The van der Waals surface area contributed by atoms with E-state index in [-0.39, 0.29) is 35.8 Å². The number of hydrogen-bond acceptors (Lipinski definition) is 6. The molecule has 0 saturated carbocycles. The standard InChI is InChI=1S/C19H29NO5S/c1-13-7-5-3-2-4-6-8-14-10-15(24-17(21)9-13)11-19(23,25-14)16-12-26-18(22)20-16/h2-3,13-16,23H,4-12H2,1H3,(H,20,22)/b3-2-/t13?,14-,15-,16+,19-/m1/s1. The third-order valence-electron chi connectivity index (χ3n) is 5.34. The fourth-order valence-corrected chi connectivity index (χ4v) is 4.79. The molecule has 2 saturated heterocycles. The molecule has 7 heteroatoms. The van der Waals surface area contributed by atoms with Crippen LogP contribution in [0.1, 0.15) is 58.3 Å². The first-order valence-electron chi connectivity index (χ1n) is 9.62. The number of esters is 1. The van der Waals surface area contributed by atoms with Crippen LogP contribution in [0.4, 0.5) is 4.79 Å². The van der Waals surface area contributed by atoms with Gasteiger partial charge in [0.25, 0.3) is 5.24 Å². The zero-order valence-electron chi connectivity index (χ0n) is 15.3. The monoisotopic (exact) mass is 383 g/mol. The van der Waals surface area contributed by atoms with Crippen LogP contribution in [-0.4, -0.2) is 46.1 Å². The van der Waals surface area contributed by atoms with E-state index in [9.17, 15) is 14.7 Å². The van der Waals surface area contributed by atoms with Gasteiger partial charge in [-0.25, -0.2) is 0 Å². The maximum Gasteiger partial charge on any atom is 0.306 e. The number of hydrogen-bond donors (Lipinski definition) is 2. The Hall–Kier alpha value is -1.05. The number of fused-ring (bicyclic) bond motifs is 2. The molecule has 146 valence electrons. The number of nitrogens with one attached hydrogen (secondary N) is 1. The quantitative estimate of drug-likeness (QED) is 0.534. The van der Waals surface area contributed by atoms with Crippen molar-refractivity contribution in [1.29, 1.82) is 0 Å². The second-order valence-corrected chi connectivity index (χ2v) is 8.71. The number of amides is 1. The highest BCUT2D eigenvalue weighted by molar-refractivity contribution is 8.14. The minimum atomic E-state index is -1.48. The zero-order chi connectivity index (χ0) is 18.6. The van der Waals surface area contributed by atoms with Gasteiger partial charge in [0, 0.05) is 25.0 Å². The van der Waals surface area contributed by atoms with Crippen LogP contribution in [-0.2, 0) is 14.3 Å². The normalized spacial score (nSPS) is 41.0. The lowest BCUT2D eigenvalue weighted by atomic mass is 9.91. The number of rotatable bonds is 1. The Morgan fingerprint density at radius 3 is 2.81 bits per heavy atom. The molecule has 0 spiro atoms. The van der Waals surface area contributed by atoms with Gasteiger partial charge in [-0.05, 0) is 38.0 Å². The molecule has 2 N–H and O–H groups in total. The molecular weight excluding hydrogens is 354 g/mol. The summed E-state index contributed by atoms with van der Waals surface area (Å²) in [5.74, 6) is -0.958. The molecule has 3 aliphatic rings. The second-order valence-electron chi connectivity index (χ2n) is 7.72. The lowest BCUT2D eigenvalue weighted by molar-refractivity contribution is -0.284. The largest absolute Gasteiger partial charge is 0.462 e. The Morgan fingerprint density at radius 1 is 1.23 bits per heavy atom. The first-order chi connectivity index (χ1) is 12.4. The molecule has 2 fully saturated rings. The van der Waals surface area contributed by atoms with Gasteiger partial charge in [-0.2, -0.15) is 0 Å². The lowest BCUT2D eigenvalue weighted by Gasteiger charge is -2.43. The Morgan fingerprint density at radius 2 is 2.04 bits per heavy atom. The van der Waals surface area contributed by atoms with Crippen molar-refractivity contribution in [1.82, 2.24) is 5.32 Å². The molecule has 3 aliphatic heterocycles.